The van der Waals surface area contributed by atoms with Gasteiger partial charge in [0, 0.05) is 19.7 Å². The molecule has 1 fully saturated rings. The Morgan fingerprint density at radius 3 is 2.47 bits per heavy atom. The standard InChI is InChI=1S/C15H30N2O2/c1-12-4-6-15(10-16,7-5-12)13(19)17-11-14(2,3)8-9-18/h12,18H,4-11,16H2,1-3H3,(H,17,19). The first kappa shape index (κ1) is 16.4. The lowest BCUT2D eigenvalue weighted by molar-refractivity contribution is -0.133. The van der Waals surface area contributed by atoms with Crippen LogP contribution in [0, 0.1) is 16.7 Å². The van der Waals surface area contributed by atoms with Crippen molar-refractivity contribution in [1.29, 1.82) is 0 Å². The largest absolute Gasteiger partial charge is 0.396 e. The van der Waals surface area contributed by atoms with E-state index in [1.165, 1.54) is 0 Å². The molecule has 1 aliphatic rings. The molecule has 1 aliphatic carbocycles. The monoisotopic (exact) mass is 270 g/mol. The molecule has 4 heteroatoms. The summed E-state index contributed by atoms with van der Waals surface area (Å²) < 4.78 is 0. The maximum Gasteiger partial charge on any atom is 0.227 e. The summed E-state index contributed by atoms with van der Waals surface area (Å²) in [4.78, 5) is 12.5. The highest BCUT2D eigenvalue weighted by Gasteiger charge is 2.40. The molecule has 112 valence electrons. The SMILES string of the molecule is CC1CCC(CN)(C(=O)NCC(C)(C)CCO)CC1. The third-order valence-corrected chi connectivity index (χ3v) is 4.62. The van der Waals surface area contributed by atoms with Crippen LogP contribution in [-0.2, 0) is 4.79 Å². The van der Waals surface area contributed by atoms with Crippen LogP contribution in [0.5, 0.6) is 0 Å². The van der Waals surface area contributed by atoms with Crippen molar-refractivity contribution in [3.05, 3.63) is 0 Å². The van der Waals surface area contributed by atoms with Gasteiger partial charge < -0.3 is 16.2 Å². The number of carbonyl (C=O) groups excluding carboxylic acids is 1. The van der Waals surface area contributed by atoms with Crippen molar-refractivity contribution in [1.82, 2.24) is 5.32 Å². The molecule has 19 heavy (non-hydrogen) atoms. The highest BCUT2D eigenvalue weighted by molar-refractivity contribution is 5.83. The first-order valence-corrected chi connectivity index (χ1v) is 7.44. The zero-order chi connectivity index (χ0) is 14.5. The fourth-order valence-electron chi connectivity index (χ4n) is 2.74. The Morgan fingerprint density at radius 2 is 2.00 bits per heavy atom. The molecule has 1 rings (SSSR count). The number of aliphatic hydroxyl groups is 1. The second kappa shape index (κ2) is 6.71. The predicted molar refractivity (Wildman–Crippen MR) is 77.6 cm³/mol. The second-order valence-corrected chi connectivity index (χ2v) is 6.99. The Balaban J connectivity index is 2.55. The summed E-state index contributed by atoms with van der Waals surface area (Å²) in [5.74, 6) is 0.811. The Hall–Kier alpha value is -0.610. The molecule has 4 nitrogen and oxygen atoms in total. The van der Waals surface area contributed by atoms with Crippen molar-refractivity contribution in [3.63, 3.8) is 0 Å². The predicted octanol–water partition coefficient (Wildman–Crippen LogP) is 1.67. The summed E-state index contributed by atoms with van der Waals surface area (Å²) in [6.45, 7) is 7.55. The molecule has 0 radical (unpaired) electrons. The molecule has 0 aromatic carbocycles. The lowest BCUT2D eigenvalue weighted by atomic mass is 9.70. The highest BCUT2D eigenvalue weighted by atomic mass is 16.3. The lowest BCUT2D eigenvalue weighted by Crippen LogP contribution is -2.49. The first-order chi connectivity index (χ1) is 8.85. The summed E-state index contributed by atoms with van der Waals surface area (Å²) in [6, 6.07) is 0. The summed E-state index contributed by atoms with van der Waals surface area (Å²) in [6.07, 6.45) is 4.67. The number of nitrogens with one attached hydrogen (secondary N) is 1. The van der Waals surface area contributed by atoms with Gasteiger partial charge in [-0.25, -0.2) is 0 Å². The zero-order valence-corrected chi connectivity index (χ0v) is 12.7. The average molecular weight is 270 g/mol. The third-order valence-electron chi connectivity index (χ3n) is 4.62. The van der Waals surface area contributed by atoms with Crippen molar-refractivity contribution in [3.8, 4) is 0 Å². The van der Waals surface area contributed by atoms with Gasteiger partial charge in [0.2, 0.25) is 5.91 Å². The zero-order valence-electron chi connectivity index (χ0n) is 12.7. The summed E-state index contributed by atoms with van der Waals surface area (Å²) in [5, 5.41) is 12.1. The number of hydrogen-bond donors (Lipinski definition) is 3. The van der Waals surface area contributed by atoms with Gasteiger partial charge in [-0.2, -0.15) is 0 Å². The molecule has 0 unspecified atom stereocenters. The van der Waals surface area contributed by atoms with Crippen molar-refractivity contribution < 1.29 is 9.90 Å². The van der Waals surface area contributed by atoms with Crippen LogP contribution in [0.25, 0.3) is 0 Å². The van der Waals surface area contributed by atoms with E-state index in [0.29, 0.717) is 25.4 Å². The normalized spacial score (nSPS) is 28.2. The van der Waals surface area contributed by atoms with E-state index < -0.39 is 0 Å². The minimum absolute atomic E-state index is 0.0673. The van der Waals surface area contributed by atoms with Gasteiger partial charge in [0.1, 0.15) is 0 Å². The van der Waals surface area contributed by atoms with Crippen LogP contribution in [0.1, 0.15) is 52.9 Å². The fourth-order valence-corrected chi connectivity index (χ4v) is 2.74. The molecule has 0 bridgehead atoms. The molecular formula is C15H30N2O2. The summed E-state index contributed by atoms with van der Waals surface area (Å²) in [7, 11) is 0. The van der Waals surface area contributed by atoms with Crippen LogP contribution >= 0.6 is 0 Å². The summed E-state index contributed by atoms with van der Waals surface area (Å²) in [5.41, 5.74) is 5.46. The average Bonchev–Trinajstić information content (AvgIpc) is 2.37. The van der Waals surface area contributed by atoms with Crippen molar-refractivity contribution in [2.75, 3.05) is 19.7 Å². The van der Waals surface area contributed by atoms with E-state index in [2.05, 4.69) is 26.1 Å². The van der Waals surface area contributed by atoms with Gasteiger partial charge in [0.05, 0.1) is 5.41 Å². The van der Waals surface area contributed by atoms with Gasteiger partial charge in [0.25, 0.3) is 0 Å². The Kier molecular flexibility index (Phi) is 5.81. The molecule has 0 aliphatic heterocycles. The van der Waals surface area contributed by atoms with Gasteiger partial charge in [-0.1, -0.05) is 20.8 Å². The molecule has 0 saturated heterocycles. The van der Waals surface area contributed by atoms with Gasteiger partial charge in [-0.05, 0) is 43.4 Å². The maximum absolute atomic E-state index is 12.5. The van der Waals surface area contributed by atoms with Crippen LogP contribution in [0.15, 0.2) is 0 Å². The van der Waals surface area contributed by atoms with E-state index in [4.69, 9.17) is 10.8 Å². The topological polar surface area (TPSA) is 75.4 Å². The fraction of sp³-hybridized carbons (Fsp3) is 0.933. The number of rotatable bonds is 6. The van der Waals surface area contributed by atoms with Gasteiger partial charge in [-0.3, -0.25) is 4.79 Å². The van der Waals surface area contributed by atoms with Crippen LogP contribution in [0.4, 0.5) is 0 Å². The smallest absolute Gasteiger partial charge is 0.227 e. The molecule has 0 spiro atoms. The number of carbonyl (C=O) groups is 1. The third kappa shape index (κ3) is 4.46. The summed E-state index contributed by atoms with van der Waals surface area (Å²) >= 11 is 0. The molecule has 1 saturated carbocycles. The minimum atomic E-state index is -0.359. The van der Waals surface area contributed by atoms with Crippen molar-refractivity contribution in [2.24, 2.45) is 22.5 Å². The van der Waals surface area contributed by atoms with Crippen LogP contribution in [0.3, 0.4) is 0 Å². The Morgan fingerprint density at radius 1 is 1.42 bits per heavy atom. The van der Waals surface area contributed by atoms with E-state index in [9.17, 15) is 4.79 Å². The molecule has 1 amide bonds. The second-order valence-electron chi connectivity index (χ2n) is 6.99. The molecule has 0 atom stereocenters. The first-order valence-electron chi connectivity index (χ1n) is 7.44. The quantitative estimate of drug-likeness (QED) is 0.687. The number of aliphatic hydroxyl groups excluding tert-OH is 1. The maximum atomic E-state index is 12.5. The lowest BCUT2D eigenvalue weighted by Gasteiger charge is -2.38. The van der Waals surface area contributed by atoms with Gasteiger partial charge >= 0.3 is 0 Å². The number of hydrogen-bond acceptors (Lipinski definition) is 3. The van der Waals surface area contributed by atoms with E-state index in [1.807, 2.05) is 0 Å². The molecule has 0 aromatic rings. The molecular weight excluding hydrogens is 240 g/mol. The molecule has 4 N–H and O–H groups in total. The van der Waals surface area contributed by atoms with Crippen LogP contribution < -0.4 is 11.1 Å². The number of amides is 1. The van der Waals surface area contributed by atoms with E-state index >= 15 is 0 Å². The van der Waals surface area contributed by atoms with Gasteiger partial charge in [-0.15, -0.1) is 0 Å². The molecule has 0 aromatic heterocycles. The van der Waals surface area contributed by atoms with Crippen LogP contribution in [-0.4, -0.2) is 30.7 Å². The highest BCUT2D eigenvalue weighted by Crippen LogP contribution is 2.38. The number of nitrogens with two attached hydrogens (primary N) is 1. The van der Waals surface area contributed by atoms with Crippen molar-refractivity contribution in [2.45, 2.75) is 52.9 Å². The van der Waals surface area contributed by atoms with E-state index in [-0.39, 0.29) is 23.3 Å². The Bertz CT molecular complexity index is 295. The van der Waals surface area contributed by atoms with E-state index in [0.717, 1.165) is 25.7 Å². The minimum Gasteiger partial charge on any atom is -0.396 e. The van der Waals surface area contributed by atoms with Gasteiger partial charge in [0.15, 0.2) is 0 Å². The van der Waals surface area contributed by atoms with Crippen molar-refractivity contribution >= 4 is 5.91 Å². The van der Waals surface area contributed by atoms with E-state index in [1.54, 1.807) is 0 Å². The Labute approximate surface area is 117 Å². The molecule has 0 heterocycles. The van der Waals surface area contributed by atoms with Crippen LogP contribution in [0.2, 0.25) is 0 Å².